The van der Waals surface area contributed by atoms with Crippen LogP contribution in [-0.2, 0) is 11.2 Å². The van der Waals surface area contributed by atoms with Crippen molar-refractivity contribution in [2.75, 3.05) is 12.4 Å². The molecule has 2 rings (SSSR count). The Labute approximate surface area is 126 Å². The molecule has 0 aliphatic heterocycles. The van der Waals surface area contributed by atoms with Crippen LogP contribution in [0.1, 0.15) is 5.56 Å². The summed E-state index contributed by atoms with van der Waals surface area (Å²) in [5.41, 5.74) is 1.79. The number of benzene rings is 2. The van der Waals surface area contributed by atoms with Crippen LogP contribution in [0.25, 0.3) is 0 Å². The molecule has 0 saturated carbocycles. The smallest absolute Gasteiger partial charge is 0.228 e. The van der Waals surface area contributed by atoms with Gasteiger partial charge < -0.3 is 10.1 Å². The Morgan fingerprint density at radius 3 is 2.58 bits per heavy atom. The van der Waals surface area contributed by atoms with Gasteiger partial charge in [-0.05, 0) is 58.5 Å². The topological polar surface area (TPSA) is 38.3 Å². The van der Waals surface area contributed by atoms with Crippen molar-refractivity contribution < 1.29 is 9.53 Å². The Morgan fingerprint density at radius 2 is 1.95 bits per heavy atom. The van der Waals surface area contributed by atoms with E-state index in [1.54, 1.807) is 7.11 Å². The van der Waals surface area contributed by atoms with Crippen molar-refractivity contribution >= 4 is 34.2 Å². The molecular formula is C15H14INO2. The average Bonchev–Trinajstić information content (AvgIpc) is 2.39. The summed E-state index contributed by atoms with van der Waals surface area (Å²) in [7, 11) is 1.62. The van der Waals surface area contributed by atoms with Gasteiger partial charge in [0.2, 0.25) is 5.91 Å². The predicted octanol–water partition coefficient (Wildman–Crippen LogP) is 3.48. The Bertz CT molecular complexity index is 567. The van der Waals surface area contributed by atoms with Gasteiger partial charge in [-0.1, -0.05) is 18.2 Å². The molecule has 0 heterocycles. The first-order chi connectivity index (χ1) is 9.17. The molecule has 2 aromatic carbocycles. The summed E-state index contributed by atoms with van der Waals surface area (Å²) >= 11 is 2.22. The number of ether oxygens (including phenoxy) is 1. The van der Waals surface area contributed by atoms with E-state index in [0.717, 1.165) is 20.6 Å². The zero-order valence-electron chi connectivity index (χ0n) is 10.5. The summed E-state index contributed by atoms with van der Waals surface area (Å²) in [4.78, 5) is 11.9. The Kier molecular flexibility index (Phi) is 4.79. The zero-order valence-corrected chi connectivity index (χ0v) is 12.7. The van der Waals surface area contributed by atoms with E-state index in [1.165, 1.54) is 0 Å². The van der Waals surface area contributed by atoms with E-state index in [1.807, 2.05) is 48.5 Å². The molecule has 0 spiro atoms. The van der Waals surface area contributed by atoms with E-state index in [-0.39, 0.29) is 5.91 Å². The Morgan fingerprint density at radius 1 is 1.21 bits per heavy atom. The third-order valence-corrected chi connectivity index (χ3v) is 3.30. The van der Waals surface area contributed by atoms with Crippen LogP contribution in [0.15, 0.2) is 48.5 Å². The molecule has 0 aromatic heterocycles. The quantitative estimate of drug-likeness (QED) is 0.841. The minimum Gasteiger partial charge on any atom is -0.497 e. The lowest BCUT2D eigenvalue weighted by molar-refractivity contribution is -0.115. The number of hydrogen-bond donors (Lipinski definition) is 1. The average molecular weight is 367 g/mol. The maximum Gasteiger partial charge on any atom is 0.228 e. The summed E-state index contributed by atoms with van der Waals surface area (Å²) in [6.07, 6.45) is 0.357. The highest BCUT2D eigenvalue weighted by atomic mass is 127. The van der Waals surface area contributed by atoms with Crippen LogP contribution in [0.3, 0.4) is 0 Å². The van der Waals surface area contributed by atoms with Crippen LogP contribution < -0.4 is 10.1 Å². The van der Waals surface area contributed by atoms with E-state index < -0.39 is 0 Å². The Hall–Kier alpha value is -1.56. The first-order valence-corrected chi connectivity index (χ1v) is 6.93. The molecule has 2 aromatic rings. The molecule has 19 heavy (non-hydrogen) atoms. The second-order valence-corrected chi connectivity index (χ2v) is 5.33. The van der Waals surface area contributed by atoms with Gasteiger partial charge in [0.25, 0.3) is 0 Å². The van der Waals surface area contributed by atoms with Gasteiger partial charge in [0.15, 0.2) is 0 Å². The van der Waals surface area contributed by atoms with Gasteiger partial charge in [0.1, 0.15) is 5.75 Å². The molecule has 1 N–H and O–H groups in total. The first kappa shape index (κ1) is 13.9. The molecule has 0 radical (unpaired) electrons. The van der Waals surface area contributed by atoms with Crippen LogP contribution in [0.2, 0.25) is 0 Å². The molecular weight excluding hydrogens is 353 g/mol. The number of halogens is 1. The molecule has 0 unspecified atom stereocenters. The van der Waals surface area contributed by atoms with Gasteiger partial charge in [-0.3, -0.25) is 4.79 Å². The molecule has 0 fully saturated rings. The monoisotopic (exact) mass is 367 g/mol. The first-order valence-electron chi connectivity index (χ1n) is 5.86. The number of nitrogens with one attached hydrogen (secondary N) is 1. The fourth-order valence-electron chi connectivity index (χ4n) is 1.70. The highest BCUT2D eigenvalue weighted by Gasteiger charge is 2.04. The molecule has 0 bridgehead atoms. The number of carbonyl (C=O) groups excluding carboxylic acids is 1. The van der Waals surface area contributed by atoms with Gasteiger partial charge in [0.05, 0.1) is 13.5 Å². The summed E-state index contributed by atoms with van der Waals surface area (Å²) in [6.45, 7) is 0. The maximum absolute atomic E-state index is 11.9. The van der Waals surface area contributed by atoms with Crippen molar-refractivity contribution in [3.05, 3.63) is 57.7 Å². The van der Waals surface area contributed by atoms with E-state index in [2.05, 4.69) is 27.9 Å². The summed E-state index contributed by atoms with van der Waals surface area (Å²) < 4.78 is 6.18. The second-order valence-electron chi connectivity index (χ2n) is 4.08. The zero-order chi connectivity index (χ0) is 13.7. The van der Waals surface area contributed by atoms with E-state index in [4.69, 9.17) is 4.74 Å². The lowest BCUT2D eigenvalue weighted by Crippen LogP contribution is -2.14. The number of carbonyl (C=O) groups is 1. The second kappa shape index (κ2) is 6.56. The number of anilines is 1. The molecule has 1 amide bonds. The summed E-state index contributed by atoms with van der Waals surface area (Å²) in [5, 5.41) is 2.88. The minimum atomic E-state index is -0.0211. The van der Waals surface area contributed by atoms with Crippen LogP contribution in [-0.4, -0.2) is 13.0 Å². The summed E-state index contributed by atoms with van der Waals surface area (Å²) in [6, 6.07) is 15.2. The molecule has 0 saturated heterocycles. The fourth-order valence-corrected chi connectivity index (χ4v) is 2.24. The number of hydrogen-bond acceptors (Lipinski definition) is 2. The molecule has 0 atom stereocenters. The standard InChI is InChI=1S/C15H14INO2/c1-19-14-7-5-11(6-8-14)9-15(18)17-13-4-2-3-12(16)10-13/h2-8,10H,9H2,1H3,(H,17,18). The van der Waals surface area contributed by atoms with Crippen molar-refractivity contribution in [3.63, 3.8) is 0 Å². The highest BCUT2D eigenvalue weighted by molar-refractivity contribution is 14.1. The predicted molar refractivity (Wildman–Crippen MR) is 84.5 cm³/mol. The van der Waals surface area contributed by atoms with E-state index >= 15 is 0 Å². The molecule has 0 aliphatic rings. The van der Waals surface area contributed by atoms with Crippen molar-refractivity contribution in [3.8, 4) is 5.75 Å². The maximum atomic E-state index is 11.9. The third kappa shape index (κ3) is 4.24. The van der Waals surface area contributed by atoms with Gasteiger partial charge in [-0.25, -0.2) is 0 Å². The molecule has 4 heteroatoms. The highest BCUT2D eigenvalue weighted by Crippen LogP contribution is 2.14. The van der Waals surface area contributed by atoms with Crippen LogP contribution in [0, 0.1) is 3.57 Å². The minimum absolute atomic E-state index is 0.0211. The van der Waals surface area contributed by atoms with Crippen molar-refractivity contribution in [1.29, 1.82) is 0 Å². The molecule has 98 valence electrons. The van der Waals surface area contributed by atoms with Crippen LogP contribution in [0.4, 0.5) is 5.69 Å². The fraction of sp³-hybridized carbons (Fsp3) is 0.133. The SMILES string of the molecule is COc1ccc(CC(=O)Nc2cccc(I)c2)cc1. The molecule has 3 nitrogen and oxygen atoms in total. The Balaban J connectivity index is 1.97. The number of rotatable bonds is 4. The normalized spacial score (nSPS) is 10.0. The van der Waals surface area contributed by atoms with Crippen LogP contribution >= 0.6 is 22.6 Å². The van der Waals surface area contributed by atoms with Crippen molar-refractivity contribution in [2.24, 2.45) is 0 Å². The van der Waals surface area contributed by atoms with Gasteiger partial charge in [0, 0.05) is 9.26 Å². The lowest BCUT2D eigenvalue weighted by Gasteiger charge is -2.06. The van der Waals surface area contributed by atoms with Gasteiger partial charge in [-0.2, -0.15) is 0 Å². The van der Waals surface area contributed by atoms with Crippen molar-refractivity contribution in [1.82, 2.24) is 0 Å². The molecule has 0 aliphatic carbocycles. The van der Waals surface area contributed by atoms with Crippen LogP contribution in [0.5, 0.6) is 5.75 Å². The summed E-state index contributed by atoms with van der Waals surface area (Å²) in [5.74, 6) is 0.772. The number of methoxy groups -OCH3 is 1. The lowest BCUT2D eigenvalue weighted by atomic mass is 10.1. The van der Waals surface area contributed by atoms with Crippen molar-refractivity contribution in [2.45, 2.75) is 6.42 Å². The van der Waals surface area contributed by atoms with E-state index in [9.17, 15) is 4.79 Å². The van der Waals surface area contributed by atoms with E-state index in [0.29, 0.717) is 6.42 Å². The third-order valence-electron chi connectivity index (χ3n) is 2.63. The van der Waals surface area contributed by atoms with Gasteiger partial charge >= 0.3 is 0 Å². The van der Waals surface area contributed by atoms with Gasteiger partial charge in [-0.15, -0.1) is 0 Å². The number of amides is 1. The largest absolute Gasteiger partial charge is 0.497 e.